The van der Waals surface area contributed by atoms with Crippen LogP contribution in [0.15, 0.2) is 44.8 Å². The number of aliphatic imine (C=N–C) groups is 1. The quantitative estimate of drug-likeness (QED) is 0.262. The van der Waals surface area contributed by atoms with Crippen LogP contribution >= 0.6 is 24.0 Å². The van der Waals surface area contributed by atoms with E-state index < -0.39 is 15.6 Å². The second-order valence-electron chi connectivity index (χ2n) is 9.38. The molecule has 10 heteroatoms. The number of nitrogens with zero attached hydrogens (tertiary/aromatic N) is 2. The van der Waals surface area contributed by atoms with E-state index in [4.69, 9.17) is 4.42 Å². The maximum atomic E-state index is 12.8. The third-order valence-corrected chi connectivity index (χ3v) is 6.01. The molecule has 0 atom stereocenters. The van der Waals surface area contributed by atoms with Crippen LogP contribution in [0, 0.1) is 0 Å². The maximum absolute atomic E-state index is 12.8. The third-order valence-electron chi connectivity index (χ3n) is 4.15. The highest BCUT2D eigenvalue weighted by Gasteiger charge is 2.24. The van der Waals surface area contributed by atoms with Crippen molar-refractivity contribution >= 4 is 40.0 Å². The van der Waals surface area contributed by atoms with E-state index in [9.17, 15) is 8.42 Å². The highest BCUT2D eigenvalue weighted by molar-refractivity contribution is 14.0. The molecule has 0 unspecified atom stereocenters. The summed E-state index contributed by atoms with van der Waals surface area (Å²) in [5.74, 6) is 1.93. The number of hydrogen-bond acceptors (Lipinski definition) is 5. The summed E-state index contributed by atoms with van der Waals surface area (Å²) in [7, 11) is -3.66. The molecule has 180 valence electrons. The Morgan fingerprint density at radius 1 is 1.09 bits per heavy atom. The molecule has 0 saturated carbocycles. The van der Waals surface area contributed by atoms with E-state index in [0.29, 0.717) is 30.5 Å². The van der Waals surface area contributed by atoms with Crippen molar-refractivity contribution in [3.05, 3.63) is 47.7 Å². The molecular formula is C22H36IN5O3S. The SMILES string of the molecule is CCNC(=NCc1ccccc1S(=O)(=O)NC(C)(C)C)NCc1ncc(C(C)(C)C)o1.I. The summed E-state index contributed by atoms with van der Waals surface area (Å²) in [5.41, 5.74) is -0.0732. The Morgan fingerprint density at radius 3 is 2.31 bits per heavy atom. The van der Waals surface area contributed by atoms with Crippen LogP contribution in [-0.2, 0) is 28.5 Å². The van der Waals surface area contributed by atoms with E-state index in [2.05, 4.69) is 46.1 Å². The lowest BCUT2D eigenvalue weighted by atomic mass is 9.94. The molecule has 32 heavy (non-hydrogen) atoms. The molecule has 0 spiro atoms. The zero-order chi connectivity index (χ0) is 23.3. The van der Waals surface area contributed by atoms with Crippen LogP contribution in [-0.4, -0.2) is 31.4 Å². The third kappa shape index (κ3) is 8.70. The molecule has 8 nitrogen and oxygen atoms in total. The van der Waals surface area contributed by atoms with Crippen molar-refractivity contribution in [3.8, 4) is 0 Å². The topological polar surface area (TPSA) is 109 Å². The van der Waals surface area contributed by atoms with Gasteiger partial charge in [-0.25, -0.2) is 23.1 Å². The molecule has 0 fully saturated rings. The Kier molecular flexibility index (Phi) is 10.2. The van der Waals surface area contributed by atoms with E-state index in [1.165, 1.54) is 0 Å². The highest BCUT2D eigenvalue weighted by atomic mass is 127. The van der Waals surface area contributed by atoms with Gasteiger partial charge in [0.25, 0.3) is 0 Å². The maximum Gasteiger partial charge on any atom is 0.241 e. The van der Waals surface area contributed by atoms with Gasteiger partial charge in [0.1, 0.15) is 5.76 Å². The number of oxazole rings is 1. The normalized spacial score (nSPS) is 12.9. The molecule has 1 heterocycles. The van der Waals surface area contributed by atoms with Gasteiger partial charge in [0.2, 0.25) is 15.9 Å². The smallest absolute Gasteiger partial charge is 0.241 e. The summed E-state index contributed by atoms with van der Waals surface area (Å²) >= 11 is 0. The first-order chi connectivity index (χ1) is 14.3. The zero-order valence-corrected chi connectivity index (χ0v) is 23.1. The van der Waals surface area contributed by atoms with Gasteiger partial charge in [-0.2, -0.15) is 0 Å². The van der Waals surface area contributed by atoms with Gasteiger partial charge < -0.3 is 15.1 Å². The molecule has 0 radical (unpaired) electrons. The average Bonchev–Trinajstić information content (AvgIpc) is 3.12. The van der Waals surface area contributed by atoms with Gasteiger partial charge in [-0.3, -0.25) is 0 Å². The van der Waals surface area contributed by atoms with Crippen molar-refractivity contribution in [2.75, 3.05) is 6.54 Å². The number of nitrogens with one attached hydrogen (secondary N) is 3. The van der Waals surface area contributed by atoms with Gasteiger partial charge >= 0.3 is 0 Å². The van der Waals surface area contributed by atoms with Crippen LogP contribution in [0.5, 0.6) is 0 Å². The molecule has 1 aromatic heterocycles. The van der Waals surface area contributed by atoms with Crippen LogP contribution in [0.25, 0.3) is 0 Å². The van der Waals surface area contributed by atoms with E-state index in [-0.39, 0.29) is 40.8 Å². The van der Waals surface area contributed by atoms with Crippen molar-refractivity contribution in [2.45, 2.75) is 77.4 Å². The fourth-order valence-corrected chi connectivity index (χ4v) is 4.41. The number of sulfonamides is 1. The Balaban J connectivity index is 0.00000512. The monoisotopic (exact) mass is 577 g/mol. The summed E-state index contributed by atoms with van der Waals surface area (Å²) in [6.45, 7) is 14.8. The van der Waals surface area contributed by atoms with Crippen molar-refractivity contribution in [1.82, 2.24) is 20.3 Å². The minimum atomic E-state index is -3.66. The first-order valence-electron chi connectivity index (χ1n) is 10.4. The first-order valence-corrected chi connectivity index (χ1v) is 11.9. The van der Waals surface area contributed by atoms with E-state index in [1.54, 1.807) is 24.4 Å². The minimum Gasteiger partial charge on any atom is -0.443 e. The van der Waals surface area contributed by atoms with Crippen LogP contribution in [0.2, 0.25) is 0 Å². The molecule has 0 saturated heterocycles. The van der Waals surface area contributed by atoms with Crippen molar-refractivity contribution in [1.29, 1.82) is 0 Å². The molecular weight excluding hydrogens is 541 g/mol. The standard InChI is InChI=1S/C22H35N5O3S.HI/c1-8-23-20(26-15-19-24-14-18(30-19)21(2,3)4)25-13-16-11-9-10-12-17(16)31(28,29)27-22(5,6)7;/h9-12,14,27H,8,13,15H2,1-7H3,(H2,23,25,26);1H. The number of guanidine groups is 1. The van der Waals surface area contributed by atoms with E-state index in [1.807, 2.05) is 33.8 Å². The Morgan fingerprint density at radius 2 is 1.75 bits per heavy atom. The van der Waals surface area contributed by atoms with Crippen LogP contribution < -0.4 is 15.4 Å². The predicted molar refractivity (Wildman–Crippen MR) is 139 cm³/mol. The lowest BCUT2D eigenvalue weighted by Crippen LogP contribution is -2.40. The Labute approximate surface area is 209 Å². The molecule has 0 aliphatic rings. The summed E-state index contributed by atoms with van der Waals surface area (Å²) in [6.07, 6.45) is 1.74. The number of hydrogen-bond donors (Lipinski definition) is 3. The molecule has 3 N–H and O–H groups in total. The van der Waals surface area contributed by atoms with E-state index in [0.717, 1.165) is 5.76 Å². The number of benzene rings is 1. The fraction of sp³-hybridized carbons (Fsp3) is 0.545. The molecule has 0 aliphatic carbocycles. The molecule has 2 aromatic rings. The lowest BCUT2D eigenvalue weighted by Gasteiger charge is -2.21. The van der Waals surface area contributed by atoms with Crippen molar-refractivity contribution < 1.29 is 12.8 Å². The number of halogens is 1. The van der Waals surface area contributed by atoms with Crippen molar-refractivity contribution in [3.63, 3.8) is 0 Å². The average molecular weight is 578 g/mol. The number of rotatable bonds is 7. The fourth-order valence-electron chi connectivity index (χ4n) is 2.76. The lowest BCUT2D eigenvalue weighted by molar-refractivity contribution is 0.379. The predicted octanol–water partition coefficient (Wildman–Crippen LogP) is 3.92. The van der Waals surface area contributed by atoms with Crippen LogP contribution in [0.1, 0.15) is 65.7 Å². The first kappa shape index (κ1) is 28.4. The highest BCUT2D eigenvalue weighted by Crippen LogP contribution is 2.22. The van der Waals surface area contributed by atoms with Crippen LogP contribution in [0.3, 0.4) is 0 Å². The number of aromatic nitrogens is 1. The molecule has 0 aliphatic heterocycles. The summed E-state index contributed by atoms with van der Waals surface area (Å²) < 4.78 is 34.1. The Hall–Kier alpha value is -1.66. The molecule has 2 rings (SSSR count). The van der Waals surface area contributed by atoms with Gasteiger partial charge in [-0.05, 0) is 39.3 Å². The largest absolute Gasteiger partial charge is 0.443 e. The van der Waals surface area contributed by atoms with Gasteiger partial charge in [0.15, 0.2) is 5.96 Å². The zero-order valence-electron chi connectivity index (χ0n) is 19.9. The summed E-state index contributed by atoms with van der Waals surface area (Å²) in [4.78, 5) is 9.10. The second-order valence-corrected chi connectivity index (χ2v) is 11.0. The molecule has 0 bridgehead atoms. The minimum absolute atomic E-state index is 0. The van der Waals surface area contributed by atoms with Crippen molar-refractivity contribution in [2.24, 2.45) is 4.99 Å². The van der Waals surface area contributed by atoms with Gasteiger partial charge in [-0.15, -0.1) is 24.0 Å². The van der Waals surface area contributed by atoms with Gasteiger partial charge in [-0.1, -0.05) is 39.0 Å². The van der Waals surface area contributed by atoms with Gasteiger partial charge in [0.05, 0.1) is 24.2 Å². The van der Waals surface area contributed by atoms with Crippen LogP contribution in [0.4, 0.5) is 0 Å². The molecule has 0 amide bonds. The van der Waals surface area contributed by atoms with E-state index >= 15 is 0 Å². The molecule has 1 aromatic carbocycles. The van der Waals surface area contributed by atoms with Gasteiger partial charge in [0, 0.05) is 17.5 Å². The summed E-state index contributed by atoms with van der Waals surface area (Å²) in [5, 5.41) is 6.35. The Bertz CT molecular complexity index is 1010. The summed E-state index contributed by atoms with van der Waals surface area (Å²) in [6, 6.07) is 6.89. The second kappa shape index (κ2) is 11.5.